The van der Waals surface area contributed by atoms with Crippen molar-refractivity contribution in [1.29, 1.82) is 0 Å². The van der Waals surface area contributed by atoms with Crippen LogP contribution in [0.5, 0.6) is 0 Å². The first-order valence-corrected chi connectivity index (χ1v) is 39.2. The van der Waals surface area contributed by atoms with Crippen LogP contribution in [0.3, 0.4) is 0 Å². The summed E-state index contributed by atoms with van der Waals surface area (Å²) in [5.41, 5.74) is 9.73. The van der Waals surface area contributed by atoms with Gasteiger partial charge in [0.25, 0.3) is 0 Å². The third-order valence-electron chi connectivity index (χ3n) is 11.4. The molecule has 133 heavy (non-hydrogen) atoms. The Hall–Kier alpha value is -4.08. The SMILES string of the molecule is C[C-](C)C.C[C-](C)C.C[C-](C)C.C[C-](C)C.C[C-](C)C.C[C-](C)C.C[C-](C)C.C[C-](C)C.Cc1nc[c-]cn1.Clc1ccc2nn[c-]n2n1.Fc1[c-]cc(-c2ccccn2)cn1.Fc1[c-]cc(-c2cccnc2)cn1.Fc1[c-]cc(-c2ncccn2)cn1.Fc1[c-]cc(-c2ncccn2)nc1.[Y].[Y].[Y].[Y].[Y].[Y].[Y].[Y].[c-]1nnc2cc(-c3cccnc3)ccn12.c1ccc2[n-]nnc2c1. The van der Waals surface area contributed by atoms with Crippen molar-refractivity contribution in [2.24, 2.45) is 0 Å². The van der Waals surface area contributed by atoms with Crippen LogP contribution < -0.4 is 5.10 Å². The molecule has 0 aliphatic rings. The summed E-state index contributed by atoms with van der Waals surface area (Å²) in [7, 11) is 0. The van der Waals surface area contributed by atoms with Crippen molar-refractivity contribution in [3.05, 3.63) is 352 Å². The summed E-state index contributed by atoms with van der Waals surface area (Å²) >= 11 is 5.57. The number of pyridine rings is 8. The predicted molar refractivity (Wildman–Crippen MR) is 491 cm³/mol. The molecular formula is C97H112ClF4N23Y8-16. The van der Waals surface area contributed by atoms with Crippen LogP contribution in [0.15, 0.2) is 227 Å². The average Bonchev–Trinajstić information content (AvgIpc) is 1.71. The van der Waals surface area contributed by atoms with Crippen LogP contribution in [-0.4, -0.2) is 110 Å². The fourth-order valence-corrected chi connectivity index (χ4v) is 7.20. The first-order valence-electron chi connectivity index (χ1n) is 38.8. The first kappa shape index (κ1) is 144. The van der Waals surface area contributed by atoms with Gasteiger partial charge >= 0.3 is 0 Å². The monoisotopic (exact) mass is 2420 g/mol. The van der Waals surface area contributed by atoms with Crippen LogP contribution in [0, 0.1) is 121 Å². The van der Waals surface area contributed by atoms with Gasteiger partial charge in [-0.05, 0) is 108 Å². The summed E-state index contributed by atoms with van der Waals surface area (Å²) in [4.78, 5) is 49.9. The van der Waals surface area contributed by atoms with Gasteiger partial charge in [0.15, 0.2) is 0 Å². The molecule has 15 aromatic heterocycles. The molecule has 0 aliphatic heterocycles. The molecule has 0 spiro atoms. The van der Waals surface area contributed by atoms with Crippen molar-refractivity contribution < 1.29 is 279 Å². The number of rotatable bonds is 5. The van der Waals surface area contributed by atoms with Gasteiger partial charge in [0.1, 0.15) is 34.6 Å². The molecule has 0 fully saturated rings. The van der Waals surface area contributed by atoms with Crippen molar-refractivity contribution in [2.45, 2.75) is 173 Å². The van der Waals surface area contributed by atoms with Gasteiger partial charge in [-0.3, -0.25) is 60.2 Å². The average molecular weight is 2420 g/mol. The van der Waals surface area contributed by atoms with E-state index in [1.165, 1.54) is 88.6 Å². The number of halogens is 5. The Labute approximate surface area is 994 Å². The van der Waals surface area contributed by atoms with Gasteiger partial charge < -0.3 is 77.5 Å². The summed E-state index contributed by atoms with van der Waals surface area (Å²) in [6.45, 7) is 51.8. The molecule has 0 bridgehead atoms. The quantitative estimate of drug-likeness (QED) is 0.0879. The van der Waals surface area contributed by atoms with Gasteiger partial charge in [-0.15, -0.1) is 41.2 Å². The number of benzene rings is 1. The summed E-state index contributed by atoms with van der Waals surface area (Å²) in [6, 6.07) is 49.7. The summed E-state index contributed by atoms with van der Waals surface area (Å²) < 4.78 is 52.8. The van der Waals surface area contributed by atoms with Crippen LogP contribution in [0.1, 0.15) is 172 Å². The van der Waals surface area contributed by atoms with Gasteiger partial charge in [0.2, 0.25) is 0 Å². The Morgan fingerprint density at radius 2 is 0.774 bits per heavy atom. The molecule has 690 valence electrons. The molecule has 16 rings (SSSR count). The number of aryl methyl sites for hydroxylation is 1. The van der Waals surface area contributed by atoms with Crippen molar-refractivity contribution in [1.82, 2.24) is 115 Å². The minimum Gasteiger partial charge on any atom is -0.450 e. The molecular weight excluding hydrogens is 2310 g/mol. The van der Waals surface area contributed by atoms with E-state index in [4.69, 9.17) is 11.6 Å². The van der Waals surface area contributed by atoms with Gasteiger partial charge in [-0.1, -0.05) is 90.1 Å². The van der Waals surface area contributed by atoms with Crippen molar-refractivity contribution in [3.8, 4) is 56.4 Å². The van der Waals surface area contributed by atoms with E-state index in [1.54, 1.807) is 96.7 Å². The van der Waals surface area contributed by atoms with Gasteiger partial charge in [0, 0.05) is 341 Å². The number of nitrogens with zero attached hydrogens (tertiary/aromatic N) is 23. The van der Waals surface area contributed by atoms with E-state index in [2.05, 4.69) is 315 Å². The minimum absolute atomic E-state index is 0. The predicted octanol–water partition coefficient (Wildman–Crippen LogP) is 23.4. The molecule has 1 aromatic carbocycles. The van der Waals surface area contributed by atoms with Crippen molar-refractivity contribution >= 4 is 33.9 Å². The smallest absolute Gasteiger partial charge is 0.145 e. The largest absolute Gasteiger partial charge is 0.450 e. The third-order valence-corrected chi connectivity index (χ3v) is 11.6. The fourth-order valence-electron chi connectivity index (χ4n) is 7.06. The molecule has 36 heteroatoms. The van der Waals surface area contributed by atoms with Crippen LogP contribution >= 0.6 is 11.6 Å². The zero-order valence-electron chi connectivity index (χ0n) is 80.7. The van der Waals surface area contributed by atoms with Crippen molar-refractivity contribution in [3.63, 3.8) is 0 Å². The Bertz CT molecular complexity index is 4800. The number of hydrogen-bond acceptors (Lipinski definition) is 20. The normalized spacial score (nSPS) is 9.19. The summed E-state index contributed by atoms with van der Waals surface area (Å²) in [5.74, 6) is 10.8. The standard InChI is InChI=1S/C11H7N4.2C10H6FN2.2C9H5FN3.C6H4N3.C5H2ClN4.C5H5N2.8C4H9.8Y/c1-2-10(7-12-4-1)9-3-5-15-8-13-14-11(15)6-9;11-10-4-3-9(7-13-10)8-2-1-5-12-6-8;11-10-5-4-8(7-13-10)9-3-1-2-6-12-9;10-7-2-3-8(13-6-7)9-11-4-1-5-12-9;10-8-3-2-7(6-13-8)9-11-4-1-5-12-9;1-2-4-6-5(3-1)7-9-8-6;6-4-1-2-5-8-7-3-10(5)9-4;1-5-6-3-2-4-7-5;8*1-4(2)3;;;;;;;;/h1-7H;1-3,5-7H;1-4,6-7H;1,3-6H;1-2,4-6H;1-4H;1-2H;3-4H,1H3;8*1-3H3;;;;;;;;/q16*-1;;;;;;;;. The molecule has 8 radical (unpaired) electrons. The van der Waals surface area contributed by atoms with E-state index in [0.29, 0.717) is 33.7 Å². The molecule has 0 amide bonds. The van der Waals surface area contributed by atoms with Gasteiger partial charge in [0.05, 0.1) is 5.82 Å². The molecule has 0 aliphatic carbocycles. The number of aromatic nitrogens is 23. The Morgan fingerprint density at radius 3 is 1.19 bits per heavy atom. The second-order valence-corrected chi connectivity index (χ2v) is 30.1. The van der Waals surface area contributed by atoms with E-state index in [9.17, 15) is 17.6 Å². The van der Waals surface area contributed by atoms with Gasteiger partial charge in [-0.2, -0.15) is 189 Å². The number of hydrogen-bond donors (Lipinski definition) is 0. The Balaban J connectivity index is -0.000000213. The molecule has 16 aromatic rings. The first-order chi connectivity index (χ1) is 59.5. The van der Waals surface area contributed by atoms with E-state index < -0.39 is 23.7 Å². The minimum atomic E-state index is -0.625. The second kappa shape index (κ2) is 90.5. The van der Waals surface area contributed by atoms with Crippen molar-refractivity contribution in [2.75, 3.05) is 0 Å². The van der Waals surface area contributed by atoms with E-state index in [1.807, 2.05) is 98.2 Å². The molecule has 0 unspecified atom stereocenters. The molecule has 0 N–H and O–H groups in total. The fraction of sp³-hybridized carbons (Fsp3) is 0.258. The van der Waals surface area contributed by atoms with Crippen LogP contribution in [0.25, 0.3) is 78.7 Å². The number of fused-ring (bicyclic) bond motifs is 3. The van der Waals surface area contributed by atoms with E-state index in [-0.39, 0.29) is 262 Å². The maximum absolute atomic E-state index is 12.4. The summed E-state index contributed by atoms with van der Waals surface area (Å²) in [6.07, 6.45) is 30.8. The molecule has 0 atom stereocenters. The zero-order chi connectivity index (χ0) is 93.3. The molecule has 0 saturated carbocycles. The second-order valence-electron chi connectivity index (χ2n) is 29.7. The zero-order valence-corrected chi connectivity index (χ0v) is 104. The topological polar surface area (TPSA) is 281 Å². The summed E-state index contributed by atoms with van der Waals surface area (Å²) in [5, 5.41) is 30.1. The maximum atomic E-state index is 12.4. The molecule has 23 nitrogen and oxygen atoms in total. The van der Waals surface area contributed by atoms with E-state index in [0.717, 1.165) is 62.2 Å². The third kappa shape index (κ3) is 80.3. The molecule has 0 saturated heterocycles. The van der Waals surface area contributed by atoms with Crippen LogP contribution in [0.4, 0.5) is 17.6 Å². The van der Waals surface area contributed by atoms with Crippen LogP contribution in [-0.2, 0) is 262 Å². The van der Waals surface area contributed by atoms with E-state index >= 15 is 0 Å². The molecule has 15 heterocycles. The Morgan fingerprint density at radius 1 is 0.346 bits per heavy atom. The van der Waals surface area contributed by atoms with Crippen LogP contribution in [0.2, 0.25) is 5.15 Å². The van der Waals surface area contributed by atoms with Gasteiger partial charge in [-0.25, -0.2) is 61.0 Å². The maximum Gasteiger partial charge on any atom is 0.145 e. The Kier molecular flexibility index (Phi) is 98.1.